The number of carbonyl (C=O) groups is 1. The minimum atomic E-state index is -1.16. The van der Waals surface area contributed by atoms with Crippen molar-refractivity contribution in [1.29, 1.82) is 0 Å². The van der Waals surface area contributed by atoms with Crippen LogP contribution in [0.2, 0.25) is 0 Å². The minimum Gasteiger partial charge on any atom is -0.312 e. The van der Waals surface area contributed by atoms with Gasteiger partial charge in [0.2, 0.25) is 0 Å². The topological polar surface area (TPSA) is 100 Å². The first-order valence-corrected chi connectivity index (χ1v) is 29.3. The Bertz CT molecular complexity index is 454. The molecule has 0 saturated heterocycles. The van der Waals surface area contributed by atoms with E-state index in [1.165, 1.54) is 0 Å². The molecular weight excluding hydrogens is 1370 g/mol. The normalized spacial score (nSPS) is 10.7. The van der Waals surface area contributed by atoms with Crippen molar-refractivity contribution >= 4 is 176 Å². The smallest absolute Gasteiger partial charge is 0.312 e. The molecular formula is C28H56Br9NiO10P3. The monoisotopic (exact) mass is 1410 g/mol. The van der Waals surface area contributed by atoms with Gasteiger partial charge in [0.15, 0.2) is 0 Å². The summed E-state index contributed by atoms with van der Waals surface area (Å²) < 4.78 is 49.8. The number of rotatable bonds is 36. The van der Waals surface area contributed by atoms with Crippen molar-refractivity contribution in [2.75, 3.05) is 107 Å². The molecule has 0 N–H and O–H groups in total. The molecule has 10 nitrogen and oxygen atoms in total. The van der Waals surface area contributed by atoms with Crippen LogP contribution in [0.3, 0.4) is 0 Å². The molecule has 0 radical (unpaired) electrons. The molecule has 0 aromatic heterocycles. The summed E-state index contributed by atoms with van der Waals surface area (Å²) >= 11 is 30.2. The Morgan fingerprint density at radius 3 is 0.451 bits per heavy atom. The molecule has 0 spiro atoms. The Kier molecular flexibility index (Phi) is 83.0. The van der Waals surface area contributed by atoms with Crippen molar-refractivity contribution in [3.8, 4) is 0 Å². The fraction of sp³-hybridized carbons (Fsp3) is 0.964. The summed E-state index contributed by atoms with van der Waals surface area (Å²) in [5.74, 6) is 0. The molecule has 0 aromatic carbocycles. The van der Waals surface area contributed by atoms with Gasteiger partial charge in [0.25, 0.3) is 0 Å². The van der Waals surface area contributed by atoms with Crippen LogP contribution >= 0.6 is 169 Å². The second-order valence-electron chi connectivity index (χ2n) is 8.55. The van der Waals surface area contributed by atoms with Gasteiger partial charge in [0, 0.05) is 64.5 Å². The minimum absolute atomic E-state index is 0. The van der Waals surface area contributed by atoms with Gasteiger partial charge in [-0.1, -0.05) is 143 Å². The maximum atomic E-state index is 8.00. The molecule has 0 fully saturated rings. The molecule has 23 heteroatoms. The third kappa shape index (κ3) is 62.2. The molecule has 0 amide bonds. The number of halogens is 9. The van der Waals surface area contributed by atoms with E-state index < -0.39 is 25.8 Å². The molecule has 0 atom stereocenters. The van der Waals surface area contributed by atoms with E-state index in [1.807, 2.05) is 6.79 Å². The first-order valence-electron chi connectivity index (χ1n) is 15.9. The fourth-order valence-corrected chi connectivity index (χ4v) is 7.31. The molecule has 0 heterocycles. The van der Waals surface area contributed by atoms with Gasteiger partial charge in [-0.15, -0.1) is 0 Å². The van der Waals surface area contributed by atoms with E-state index in [2.05, 4.69) is 143 Å². The van der Waals surface area contributed by atoms with E-state index in [0.29, 0.717) is 59.5 Å². The van der Waals surface area contributed by atoms with Crippen LogP contribution in [0.5, 0.6) is 0 Å². The van der Waals surface area contributed by atoms with Crippen LogP contribution in [0.1, 0.15) is 57.8 Å². The largest absolute Gasteiger partial charge is 0.332 e. The third-order valence-electron chi connectivity index (χ3n) is 4.27. The molecule has 0 aromatic rings. The molecule has 0 aliphatic heterocycles. The molecule has 0 bridgehead atoms. The summed E-state index contributed by atoms with van der Waals surface area (Å²) in [4.78, 5) is 8.00. The maximum absolute atomic E-state index is 8.00. The average Bonchev–Trinajstić information content (AvgIpc) is 3.13. The zero-order valence-electron chi connectivity index (χ0n) is 28.9. The van der Waals surface area contributed by atoms with E-state index in [-0.39, 0.29) is 16.5 Å². The maximum Gasteiger partial charge on any atom is 0.332 e. The zero-order chi connectivity index (χ0) is 38.2. The predicted octanol–water partition coefficient (Wildman–Crippen LogP) is 13.7. The first kappa shape index (κ1) is 65.5. The van der Waals surface area contributed by atoms with Crippen LogP contribution in [0.25, 0.3) is 0 Å². The SMILES string of the molecule is BrCCCOP(OCCCBr)OCCCBr.BrCCCOP(OCCCBr)OCCCBr.BrCCCOP(OCCCBr)OCCCBr.C=O.[Ni]. The Hall–Kier alpha value is 5.41. The third-order valence-corrected chi connectivity index (χ3v) is 12.9. The van der Waals surface area contributed by atoms with Gasteiger partial charge in [-0.3, -0.25) is 0 Å². The van der Waals surface area contributed by atoms with Crippen LogP contribution in [0, 0.1) is 0 Å². The number of hydrogen-bond acceptors (Lipinski definition) is 10. The molecule has 0 aliphatic carbocycles. The summed E-state index contributed by atoms with van der Waals surface area (Å²) in [6.07, 6.45) is 8.77. The Labute approximate surface area is 398 Å². The van der Waals surface area contributed by atoms with Gasteiger partial charge in [-0.25, -0.2) is 0 Å². The molecule has 0 aliphatic rings. The van der Waals surface area contributed by atoms with E-state index >= 15 is 0 Å². The Balaban J connectivity index is -0.000000200. The van der Waals surface area contributed by atoms with E-state index in [1.54, 1.807) is 0 Å². The van der Waals surface area contributed by atoms with Crippen molar-refractivity contribution in [2.45, 2.75) is 57.8 Å². The van der Waals surface area contributed by atoms with Gasteiger partial charge in [0.05, 0.1) is 59.5 Å². The Morgan fingerprint density at radius 1 is 0.275 bits per heavy atom. The molecule has 0 unspecified atom stereocenters. The van der Waals surface area contributed by atoms with Crippen molar-refractivity contribution < 1.29 is 62.0 Å². The van der Waals surface area contributed by atoms with Crippen LogP contribution in [0.15, 0.2) is 0 Å². The van der Waals surface area contributed by atoms with Crippen molar-refractivity contribution in [1.82, 2.24) is 0 Å². The first-order chi connectivity index (χ1) is 24.5. The zero-order valence-corrected chi connectivity index (χ0v) is 46.9. The van der Waals surface area contributed by atoms with Gasteiger partial charge in [-0.05, 0) is 57.8 Å². The van der Waals surface area contributed by atoms with Crippen LogP contribution < -0.4 is 0 Å². The van der Waals surface area contributed by atoms with E-state index in [4.69, 9.17) is 45.5 Å². The van der Waals surface area contributed by atoms with Crippen LogP contribution in [-0.2, 0) is 62.0 Å². The number of carbonyl (C=O) groups excluding carboxylic acids is 1. The molecule has 0 rings (SSSR count). The van der Waals surface area contributed by atoms with Crippen molar-refractivity contribution in [3.63, 3.8) is 0 Å². The van der Waals surface area contributed by atoms with Crippen molar-refractivity contribution in [2.24, 2.45) is 0 Å². The predicted molar refractivity (Wildman–Crippen MR) is 247 cm³/mol. The van der Waals surface area contributed by atoms with E-state index in [9.17, 15) is 0 Å². The second kappa shape index (κ2) is 64.6. The van der Waals surface area contributed by atoms with E-state index in [0.717, 1.165) is 106 Å². The van der Waals surface area contributed by atoms with Gasteiger partial charge in [0.1, 0.15) is 6.79 Å². The summed E-state index contributed by atoms with van der Waals surface area (Å²) in [5, 5.41) is 8.49. The van der Waals surface area contributed by atoms with Crippen LogP contribution in [-0.4, -0.2) is 114 Å². The van der Waals surface area contributed by atoms with Crippen molar-refractivity contribution in [3.05, 3.63) is 0 Å². The number of hydrogen-bond donors (Lipinski definition) is 0. The number of alkyl halides is 9. The van der Waals surface area contributed by atoms with Gasteiger partial charge >= 0.3 is 25.8 Å². The summed E-state index contributed by atoms with van der Waals surface area (Å²) in [5.41, 5.74) is 0. The average molecular weight is 1420 g/mol. The second-order valence-corrected chi connectivity index (χ2v) is 19.4. The molecule has 0 saturated carbocycles. The summed E-state index contributed by atoms with van der Waals surface area (Å²) in [6.45, 7) is 8.12. The molecule has 51 heavy (non-hydrogen) atoms. The Morgan fingerprint density at radius 2 is 0.373 bits per heavy atom. The van der Waals surface area contributed by atoms with Crippen LogP contribution in [0.4, 0.5) is 0 Å². The summed E-state index contributed by atoms with van der Waals surface area (Å²) in [6, 6.07) is 0. The summed E-state index contributed by atoms with van der Waals surface area (Å²) in [7, 11) is -3.47. The van der Waals surface area contributed by atoms with Gasteiger partial charge in [-0.2, -0.15) is 0 Å². The van der Waals surface area contributed by atoms with Gasteiger partial charge < -0.3 is 45.5 Å². The molecule has 316 valence electrons. The standard InChI is InChI=1S/3C9H18Br3O3P.CH2O.Ni/c3*10-4-1-7-13-16(14-8-2-5-11)15-9-3-6-12;1-2;/h3*1-9H2;1H2;. The fourth-order valence-electron chi connectivity index (χ4n) is 2.08. The quantitative estimate of drug-likeness (QED) is 0.0261.